The molecule has 2 bridgehead atoms. The Balaban J connectivity index is 1.56. The topological polar surface area (TPSA) is 80.5 Å². The Morgan fingerprint density at radius 2 is 1.60 bits per heavy atom. The fourth-order valence-electron chi connectivity index (χ4n) is 5.14. The molecule has 30 heavy (non-hydrogen) atoms. The highest BCUT2D eigenvalue weighted by atomic mass is 35.5. The quantitative estimate of drug-likeness (QED) is 0.313. The first-order valence-corrected chi connectivity index (χ1v) is 10.0. The molecule has 2 amide bonds. The van der Waals surface area contributed by atoms with Crippen molar-refractivity contribution in [3.63, 3.8) is 0 Å². The van der Waals surface area contributed by atoms with E-state index in [1.807, 2.05) is 49.4 Å². The summed E-state index contributed by atoms with van der Waals surface area (Å²) in [7, 11) is 0. The second-order valence-electron chi connectivity index (χ2n) is 7.84. The van der Waals surface area contributed by atoms with Crippen LogP contribution in [-0.4, -0.2) is 16.7 Å². The predicted octanol–water partition coefficient (Wildman–Crippen LogP) is 4.64. The van der Waals surface area contributed by atoms with E-state index in [0.29, 0.717) is 0 Å². The third-order valence-electron chi connectivity index (χ3n) is 6.44. The van der Waals surface area contributed by atoms with E-state index >= 15 is 0 Å². The van der Waals surface area contributed by atoms with E-state index < -0.39 is 16.8 Å². The molecule has 1 saturated carbocycles. The largest absolute Gasteiger partial charge is 0.274 e. The molecule has 2 aromatic rings. The number of anilines is 1. The highest BCUT2D eigenvalue weighted by molar-refractivity contribution is 6.36. The van der Waals surface area contributed by atoms with Gasteiger partial charge in [0, 0.05) is 24.0 Å². The molecule has 1 saturated heterocycles. The molecule has 0 unspecified atom stereocenters. The number of benzene rings is 2. The van der Waals surface area contributed by atoms with Gasteiger partial charge in [-0.25, -0.2) is 4.90 Å². The third kappa shape index (κ3) is 2.50. The van der Waals surface area contributed by atoms with Gasteiger partial charge < -0.3 is 0 Å². The number of nitrogens with zero attached hydrogens (tertiary/aromatic N) is 2. The average molecular weight is 421 g/mol. The molecular weight excluding hydrogens is 404 g/mol. The molecular formula is C23H17ClN2O4. The lowest BCUT2D eigenvalue weighted by Crippen LogP contribution is -2.33. The molecule has 2 fully saturated rings. The van der Waals surface area contributed by atoms with Crippen LogP contribution in [0.4, 0.5) is 11.4 Å². The minimum Gasteiger partial charge on any atom is -0.274 e. The zero-order valence-corrected chi connectivity index (χ0v) is 16.7. The molecule has 6 nitrogen and oxygen atoms in total. The number of amides is 2. The first-order valence-electron chi connectivity index (χ1n) is 9.66. The summed E-state index contributed by atoms with van der Waals surface area (Å²) < 4.78 is 0. The molecule has 0 aromatic heterocycles. The van der Waals surface area contributed by atoms with Crippen LogP contribution < -0.4 is 4.90 Å². The highest BCUT2D eigenvalue weighted by Crippen LogP contribution is 2.58. The van der Waals surface area contributed by atoms with Crippen LogP contribution >= 0.6 is 11.6 Å². The number of nitro groups is 1. The van der Waals surface area contributed by atoms with Crippen molar-refractivity contribution in [2.24, 2.45) is 23.7 Å². The van der Waals surface area contributed by atoms with E-state index in [0.717, 1.165) is 21.6 Å². The number of hydrogen-bond donors (Lipinski definition) is 0. The maximum atomic E-state index is 13.3. The van der Waals surface area contributed by atoms with Gasteiger partial charge in [0.2, 0.25) is 11.8 Å². The molecule has 3 aliphatic rings. The Labute approximate surface area is 177 Å². The van der Waals surface area contributed by atoms with Crippen molar-refractivity contribution < 1.29 is 14.5 Å². The number of carbonyl (C=O) groups is 2. The fourth-order valence-corrected chi connectivity index (χ4v) is 5.34. The minimum atomic E-state index is -0.568. The number of imide groups is 1. The minimum absolute atomic E-state index is 0.0833. The first-order chi connectivity index (χ1) is 14.4. The molecule has 0 spiro atoms. The monoisotopic (exact) mass is 420 g/mol. The SMILES string of the molecule is CC(=C1[C@H]2C=C[C@H]1[C@H]1C(=O)N(c3cc([N+](=O)[O-])ccc3Cl)C(=O)[C@@H]12)c1ccccc1. The van der Waals surface area contributed by atoms with Crippen molar-refractivity contribution in [2.75, 3.05) is 4.90 Å². The van der Waals surface area contributed by atoms with Gasteiger partial charge in [0.05, 0.1) is 27.5 Å². The maximum absolute atomic E-state index is 13.3. The van der Waals surface area contributed by atoms with E-state index in [4.69, 9.17) is 11.6 Å². The number of halogens is 1. The maximum Gasteiger partial charge on any atom is 0.271 e. The Morgan fingerprint density at radius 1 is 1.00 bits per heavy atom. The molecule has 0 radical (unpaired) electrons. The molecule has 5 rings (SSSR count). The zero-order chi connectivity index (χ0) is 21.2. The van der Waals surface area contributed by atoms with Gasteiger partial charge in [-0.1, -0.05) is 59.7 Å². The van der Waals surface area contributed by atoms with Crippen molar-refractivity contribution in [3.05, 3.63) is 87.0 Å². The van der Waals surface area contributed by atoms with E-state index in [1.165, 1.54) is 18.2 Å². The Morgan fingerprint density at radius 3 is 2.17 bits per heavy atom. The number of carbonyl (C=O) groups excluding carboxylic acids is 2. The van der Waals surface area contributed by atoms with Crippen LogP contribution in [0.1, 0.15) is 12.5 Å². The summed E-state index contributed by atoms with van der Waals surface area (Å²) >= 11 is 6.22. The van der Waals surface area contributed by atoms with Crippen LogP contribution in [-0.2, 0) is 9.59 Å². The van der Waals surface area contributed by atoms with Crippen LogP contribution in [0.5, 0.6) is 0 Å². The van der Waals surface area contributed by atoms with Crippen molar-refractivity contribution in [1.82, 2.24) is 0 Å². The third-order valence-corrected chi connectivity index (χ3v) is 6.76. The van der Waals surface area contributed by atoms with Crippen molar-refractivity contribution in [2.45, 2.75) is 6.92 Å². The number of nitro benzene ring substituents is 1. The summed E-state index contributed by atoms with van der Waals surface area (Å²) in [6.45, 7) is 2.03. The molecule has 1 aliphatic heterocycles. The molecule has 150 valence electrons. The number of non-ortho nitro benzene ring substituents is 1. The van der Waals surface area contributed by atoms with Gasteiger partial charge in [-0.15, -0.1) is 0 Å². The van der Waals surface area contributed by atoms with Gasteiger partial charge in [-0.05, 0) is 24.1 Å². The number of fused-ring (bicyclic) bond motifs is 5. The predicted molar refractivity (Wildman–Crippen MR) is 113 cm³/mol. The molecule has 4 atom stereocenters. The zero-order valence-electron chi connectivity index (χ0n) is 16.0. The summed E-state index contributed by atoms with van der Waals surface area (Å²) in [5, 5.41) is 11.3. The lowest BCUT2D eigenvalue weighted by Gasteiger charge is -2.20. The van der Waals surface area contributed by atoms with Crippen molar-refractivity contribution in [3.8, 4) is 0 Å². The van der Waals surface area contributed by atoms with E-state index in [-0.39, 0.29) is 40.0 Å². The van der Waals surface area contributed by atoms with E-state index in [9.17, 15) is 19.7 Å². The van der Waals surface area contributed by atoms with Gasteiger partial charge in [-0.3, -0.25) is 19.7 Å². The molecule has 7 heteroatoms. The fraction of sp³-hybridized carbons (Fsp3) is 0.217. The van der Waals surface area contributed by atoms with Crippen molar-refractivity contribution >= 4 is 40.4 Å². The van der Waals surface area contributed by atoms with Crippen LogP contribution in [0.15, 0.2) is 66.3 Å². The molecule has 0 N–H and O–H groups in total. The van der Waals surface area contributed by atoms with Gasteiger partial charge >= 0.3 is 0 Å². The Bertz CT molecular complexity index is 1140. The summed E-state index contributed by atoms with van der Waals surface area (Å²) in [5.41, 5.74) is 3.14. The standard InChI is InChI=1S/C23H17ClN2O4/c1-12(13-5-3-2-4-6-13)19-15-8-9-16(19)21-20(15)22(27)25(23(21)28)18-11-14(26(29)30)7-10-17(18)24/h2-11,15-16,20-21H,1H3/t15-,16-,20-,21-/m1/s1. The van der Waals surface area contributed by atoms with E-state index in [1.54, 1.807) is 0 Å². The highest BCUT2D eigenvalue weighted by Gasteiger charge is 2.62. The molecule has 1 heterocycles. The van der Waals surface area contributed by atoms with Crippen molar-refractivity contribution in [1.29, 1.82) is 0 Å². The lowest BCUT2D eigenvalue weighted by molar-refractivity contribution is -0.384. The summed E-state index contributed by atoms with van der Waals surface area (Å²) in [6.07, 6.45) is 4.02. The summed E-state index contributed by atoms with van der Waals surface area (Å²) in [6, 6.07) is 13.7. The number of rotatable bonds is 3. The molecule has 2 aliphatic carbocycles. The number of hydrogen-bond acceptors (Lipinski definition) is 4. The first kappa shape index (κ1) is 18.8. The van der Waals surface area contributed by atoms with Crippen LogP contribution in [0.3, 0.4) is 0 Å². The normalized spacial score (nSPS) is 26.5. The molecule has 2 aromatic carbocycles. The van der Waals surface area contributed by atoms with Gasteiger partial charge in [0.1, 0.15) is 0 Å². The van der Waals surface area contributed by atoms with Gasteiger partial charge in [-0.2, -0.15) is 0 Å². The summed E-state index contributed by atoms with van der Waals surface area (Å²) in [4.78, 5) is 38.3. The smallest absolute Gasteiger partial charge is 0.271 e. The second-order valence-corrected chi connectivity index (χ2v) is 8.25. The van der Waals surface area contributed by atoms with E-state index in [2.05, 4.69) is 0 Å². The second kappa shape index (κ2) is 6.64. The average Bonchev–Trinajstić information content (AvgIpc) is 3.38. The van der Waals surface area contributed by atoms with Crippen LogP contribution in [0, 0.1) is 33.8 Å². The van der Waals surface area contributed by atoms with Gasteiger partial charge in [0.25, 0.3) is 5.69 Å². The van der Waals surface area contributed by atoms with Crippen LogP contribution in [0.2, 0.25) is 5.02 Å². The number of allylic oxidation sites excluding steroid dienone is 4. The van der Waals surface area contributed by atoms with Crippen LogP contribution in [0.25, 0.3) is 5.57 Å². The van der Waals surface area contributed by atoms with Gasteiger partial charge in [0.15, 0.2) is 0 Å². The summed E-state index contributed by atoms with van der Waals surface area (Å²) in [5.74, 6) is -2.00. The lowest BCUT2D eigenvalue weighted by atomic mass is 9.85. The Hall–Kier alpha value is -3.25. The Kier molecular flexibility index (Phi) is 4.15.